The Morgan fingerprint density at radius 2 is 1.65 bits per heavy atom. The Labute approximate surface area is 317 Å². The predicted molar refractivity (Wildman–Crippen MR) is 213 cm³/mol. The topological polar surface area (TPSA) is 135 Å². The van der Waals surface area contributed by atoms with E-state index in [1.807, 2.05) is 10.9 Å². The maximum atomic E-state index is 13.6. The van der Waals surface area contributed by atoms with Crippen LogP contribution in [0.1, 0.15) is 88.2 Å². The summed E-state index contributed by atoms with van der Waals surface area (Å²) in [4.78, 5) is 36.2. The minimum atomic E-state index is -0.314. The van der Waals surface area contributed by atoms with E-state index in [9.17, 15) is 9.59 Å². The highest BCUT2D eigenvalue weighted by atomic mass is 16.5. The zero-order valence-electron chi connectivity index (χ0n) is 31.7. The van der Waals surface area contributed by atoms with Crippen molar-refractivity contribution in [2.24, 2.45) is 5.92 Å². The molecule has 0 atom stereocenters. The number of rotatable bonds is 13. The zero-order valence-corrected chi connectivity index (χ0v) is 31.7. The van der Waals surface area contributed by atoms with E-state index >= 15 is 0 Å². The molecule has 11 nitrogen and oxygen atoms in total. The Morgan fingerprint density at radius 3 is 2.39 bits per heavy atom. The number of amides is 2. The van der Waals surface area contributed by atoms with E-state index in [4.69, 9.17) is 9.72 Å². The van der Waals surface area contributed by atoms with Gasteiger partial charge in [0.05, 0.1) is 28.4 Å². The lowest BCUT2D eigenvalue weighted by atomic mass is 9.89. The smallest absolute Gasteiger partial charge is 0.253 e. The molecule has 0 spiro atoms. The van der Waals surface area contributed by atoms with Crippen LogP contribution in [0.25, 0.3) is 22.2 Å². The van der Waals surface area contributed by atoms with Crippen molar-refractivity contribution in [3.05, 3.63) is 106 Å². The number of pyridine rings is 2. The summed E-state index contributed by atoms with van der Waals surface area (Å²) in [5.74, 6) is 0.118. The number of anilines is 1. The van der Waals surface area contributed by atoms with Crippen LogP contribution in [0.3, 0.4) is 0 Å². The summed E-state index contributed by atoms with van der Waals surface area (Å²) >= 11 is 0. The number of nitrogens with zero attached hydrogens (tertiary/aromatic N) is 4. The first kappa shape index (κ1) is 37.2. The molecule has 5 heterocycles. The summed E-state index contributed by atoms with van der Waals surface area (Å²) < 4.78 is 7.51. The van der Waals surface area contributed by atoms with Crippen molar-refractivity contribution >= 4 is 28.5 Å². The molecule has 11 heteroatoms. The van der Waals surface area contributed by atoms with Crippen LogP contribution in [-0.4, -0.2) is 63.9 Å². The Bertz CT molecular complexity index is 2100. The van der Waals surface area contributed by atoms with Gasteiger partial charge in [0, 0.05) is 62.5 Å². The van der Waals surface area contributed by atoms with Crippen LogP contribution in [0.15, 0.2) is 67.1 Å². The molecule has 2 aliphatic heterocycles. The number of aromatic nitrogens is 4. The molecule has 7 rings (SSSR count). The third-order valence-electron chi connectivity index (χ3n) is 10.8. The standard InChI is InChI=1S/C43H52N8O3/c1-4-39-37(40(49-35-13-17-54-18-14-35)38-27-48-51(5-2)41(38)50-39)26-47-43(53)34-22-33(24-45-25-34)42(52)46-23-31-10-9-28(3)36(21-31)32-8-6-7-30(20-32)19-29-11-15-44-16-12-29/h6-10,20-22,24-25,27,29,35,44H,4-5,11-19,23,26H2,1-3H3,(H,46,52)(H,47,53)(H,49,50). The molecule has 2 fully saturated rings. The van der Waals surface area contributed by atoms with E-state index in [1.165, 1.54) is 47.5 Å². The molecular formula is C43H52N8O3. The van der Waals surface area contributed by atoms with Crippen molar-refractivity contribution < 1.29 is 14.3 Å². The highest BCUT2D eigenvalue weighted by molar-refractivity contribution is 5.99. The normalized spacial score (nSPS) is 15.3. The maximum absolute atomic E-state index is 13.6. The minimum absolute atomic E-state index is 0.250. The fourth-order valence-corrected chi connectivity index (χ4v) is 7.72. The van der Waals surface area contributed by atoms with Gasteiger partial charge < -0.3 is 26.0 Å². The van der Waals surface area contributed by atoms with Crippen LogP contribution in [-0.2, 0) is 37.2 Å². The maximum Gasteiger partial charge on any atom is 0.253 e. The second-order valence-electron chi connectivity index (χ2n) is 14.6. The lowest BCUT2D eigenvalue weighted by Crippen LogP contribution is -2.30. The molecular weight excluding hydrogens is 677 g/mol. The molecule has 282 valence electrons. The summed E-state index contributed by atoms with van der Waals surface area (Å²) in [5, 5.41) is 18.9. The molecule has 0 unspecified atom stereocenters. The molecule has 2 saturated heterocycles. The first-order chi connectivity index (χ1) is 26.4. The highest BCUT2D eigenvalue weighted by Gasteiger charge is 2.23. The fraction of sp³-hybridized carbons (Fsp3) is 0.419. The molecule has 54 heavy (non-hydrogen) atoms. The first-order valence-electron chi connectivity index (χ1n) is 19.5. The number of carbonyl (C=O) groups excluding carboxylic acids is 2. The largest absolute Gasteiger partial charge is 0.381 e. The van der Waals surface area contributed by atoms with Gasteiger partial charge in [0.25, 0.3) is 11.8 Å². The van der Waals surface area contributed by atoms with Crippen LogP contribution in [0.5, 0.6) is 0 Å². The monoisotopic (exact) mass is 728 g/mol. The molecule has 0 bridgehead atoms. The number of nitrogens with one attached hydrogen (secondary N) is 4. The van der Waals surface area contributed by atoms with E-state index in [2.05, 4.69) is 94.6 Å². The quantitative estimate of drug-likeness (QED) is 0.110. The second-order valence-corrected chi connectivity index (χ2v) is 14.6. The lowest BCUT2D eigenvalue weighted by molar-refractivity contribution is 0.0904. The molecule has 3 aromatic heterocycles. The Balaban J connectivity index is 1.02. The van der Waals surface area contributed by atoms with Crippen molar-refractivity contribution in [3.8, 4) is 11.1 Å². The Hall–Kier alpha value is -5.13. The predicted octanol–water partition coefficient (Wildman–Crippen LogP) is 6.38. The second kappa shape index (κ2) is 17.3. The van der Waals surface area contributed by atoms with Gasteiger partial charge in [0.1, 0.15) is 0 Å². The van der Waals surface area contributed by atoms with Crippen LogP contribution < -0.4 is 21.3 Å². The van der Waals surface area contributed by atoms with Gasteiger partial charge in [0.2, 0.25) is 0 Å². The molecule has 2 aliphatic rings. The van der Waals surface area contributed by atoms with Gasteiger partial charge in [0.15, 0.2) is 5.65 Å². The van der Waals surface area contributed by atoms with Crippen LogP contribution in [0, 0.1) is 12.8 Å². The van der Waals surface area contributed by atoms with E-state index in [0.717, 1.165) is 71.8 Å². The number of aryl methyl sites for hydroxylation is 3. The fourth-order valence-electron chi connectivity index (χ4n) is 7.72. The van der Waals surface area contributed by atoms with Crippen LogP contribution >= 0.6 is 0 Å². The first-order valence-corrected chi connectivity index (χ1v) is 19.5. The number of hydrogen-bond donors (Lipinski definition) is 4. The average Bonchev–Trinajstić information content (AvgIpc) is 3.63. The third kappa shape index (κ3) is 8.63. The zero-order chi connectivity index (χ0) is 37.4. The highest BCUT2D eigenvalue weighted by Crippen LogP contribution is 2.32. The molecule has 0 radical (unpaired) electrons. The number of piperidine rings is 1. The van der Waals surface area contributed by atoms with E-state index in [0.29, 0.717) is 43.9 Å². The molecule has 2 aromatic carbocycles. The van der Waals surface area contributed by atoms with Gasteiger partial charge >= 0.3 is 0 Å². The van der Waals surface area contributed by atoms with Crippen LogP contribution in [0.4, 0.5) is 5.69 Å². The van der Waals surface area contributed by atoms with Crippen molar-refractivity contribution in [1.82, 2.24) is 35.7 Å². The summed E-state index contributed by atoms with van der Waals surface area (Å²) in [5.41, 5.74) is 10.2. The van der Waals surface area contributed by atoms with E-state index < -0.39 is 0 Å². The van der Waals surface area contributed by atoms with E-state index in [-0.39, 0.29) is 24.4 Å². The van der Waals surface area contributed by atoms with Crippen molar-refractivity contribution in [2.45, 2.75) is 85.0 Å². The molecule has 0 saturated carbocycles. The van der Waals surface area contributed by atoms with E-state index in [1.54, 1.807) is 6.07 Å². The number of fused-ring (bicyclic) bond motifs is 1. The number of hydrogen-bond acceptors (Lipinski definition) is 8. The SMILES string of the molecule is CCc1nc2c(cnn2CC)c(NC2CCOCC2)c1CNC(=O)c1cncc(C(=O)NCc2ccc(C)c(-c3cccc(CC4CCNCC4)c3)c2)c1. The van der Waals surface area contributed by atoms with Crippen molar-refractivity contribution in [3.63, 3.8) is 0 Å². The molecule has 0 aliphatic carbocycles. The third-order valence-corrected chi connectivity index (χ3v) is 10.8. The minimum Gasteiger partial charge on any atom is -0.381 e. The van der Waals surface area contributed by atoms with Gasteiger partial charge in [-0.25, -0.2) is 9.67 Å². The van der Waals surface area contributed by atoms with Gasteiger partial charge in [-0.15, -0.1) is 0 Å². The summed E-state index contributed by atoms with van der Waals surface area (Å²) in [7, 11) is 0. The molecule has 2 amide bonds. The average molecular weight is 729 g/mol. The van der Waals surface area contributed by atoms with Crippen molar-refractivity contribution in [1.29, 1.82) is 0 Å². The summed E-state index contributed by atoms with van der Waals surface area (Å²) in [6, 6.07) is 17.0. The van der Waals surface area contributed by atoms with Crippen LogP contribution in [0.2, 0.25) is 0 Å². The van der Waals surface area contributed by atoms with Crippen molar-refractivity contribution in [2.75, 3.05) is 31.6 Å². The van der Waals surface area contributed by atoms with Gasteiger partial charge in [-0.2, -0.15) is 5.10 Å². The van der Waals surface area contributed by atoms with Gasteiger partial charge in [-0.1, -0.05) is 43.3 Å². The van der Waals surface area contributed by atoms with Gasteiger partial charge in [-0.3, -0.25) is 14.6 Å². The van der Waals surface area contributed by atoms with Gasteiger partial charge in [-0.05, 0) is 111 Å². The summed E-state index contributed by atoms with van der Waals surface area (Å²) in [6.07, 6.45) is 10.9. The molecule has 4 N–H and O–H groups in total. The Kier molecular flexibility index (Phi) is 11.9. The summed E-state index contributed by atoms with van der Waals surface area (Å²) in [6.45, 7) is 11.2. The number of benzene rings is 2. The lowest BCUT2D eigenvalue weighted by Gasteiger charge is -2.26. The number of ether oxygens (including phenoxy) is 1. The number of carbonyl (C=O) groups is 2. The molecule has 5 aromatic rings. The Morgan fingerprint density at radius 1 is 0.889 bits per heavy atom.